The highest BCUT2D eigenvalue weighted by atomic mass is 16.2. The number of anilines is 2. The number of hydrogen-bond acceptors (Lipinski definition) is 5. The average Bonchev–Trinajstić information content (AvgIpc) is 3.55. The average molecular weight is 478 g/mol. The van der Waals surface area contributed by atoms with Crippen LogP contribution >= 0.6 is 0 Å². The molecule has 180 valence electrons. The van der Waals surface area contributed by atoms with Crippen LogP contribution < -0.4 is 10.2 Å². The fraction of sp³-hybridized carbons (Fsp3) is 0.286. The predicted octanol–water partition coefficient (Wildman–Crippen LogP) is 5.51. The van der Waals surface area contributed by atoms with E-state index in [0.29, 0.717) is 0 Å². The Bertz CT molecular complexity index is 1590. The van der Waals surface area contributed by atoms with E-state index in [4.69, 9.17) is 0 Å². The van der Waals surface area contributed by atoms with Crippen molar-refractivity contribution in [2.24, 2.45) is 5.92 Å². The molecule has 1 amide bonds. The maximum absolute atomic E-state index is 12.2. The van der Waals surface area contributed by atoms with Gasteiger partial charge in [0.2, 0.25) is 5.91 Å². The maximum Gasteiger partial charge on any atom is 0.227 e. The van der Waals surface area contributed by atoms with Crippen molar-refractivity contribution < 1.29 is 4.79 Å². The highest BCUT2D eigenvalue weighted by Crippen LogP contribution is 2.35. The second kappa shape index (κ2) is 8.48. The van der Waals surface area contributed by atoms with Gasteiger partial charge in [-0.3, -0.25) is 19.9 Å². The van der Waals surface area contributed by atoms with Crippen LogP contribution in [-0.4, -0.2) is 44.1 Å². The summed E-state index contributed by atoms with van der Waals surface area (Å²) >= 11 is 0. The minimum Gasteiger partial charge on any atom is -0.370 e. The lowest BCUT2D eigenvalue weighted by Gasteiger charge is -2.28. The number of nitrogens with zero attached hydrogens (tertiary/aromatic N) is 4. The van der Waals surface area contributed by atoms with Crippen molar-refractivity contribution in [3.05, 3.63) is 55.1 Å². The Morgan fingerprint density at radius 2 is 1.75 bits per heavy atom. The van der Waals surface area contributed by atoms with Gasteiger partial charge in [0.1, 0.15) is 5.69 Å². The molecule has 7 rings (SSSR count). The number of hydrogen-bond donors (Lipinski definition) is 3. The van der Waals surface area contributed by atoms with E-state index in [-0.39, 0.29) is 11.8 Å². The maximum atomic E-state index is 12.2. The number of amides is 1. The van der Waals surface area contributed by atoms with Crippen molar-refractivity contribution >= 4 is 39.1 Å². The van der Waals surface area contributed by atoms with Crippen molar-refractivity contribution in [1.29, 1.82) is 0 Å². The summed E-state index contributed by atoms with van der Waals surface area (Å²) < 4.78 is 0. The molecular formula is C28H27N7O. The molecule has 1 saturated carbocycles. The second-order valence-electron chi connectivity index (χ2n) is 9.91. The lowest BCUT2D eigenvalue weighted by Crippen LogP contribution is -2.29. The van der Waals surface area contributed by atoms with Crippen molar-refractivity contribution in [2.75, 3.05) is 23.3 Å². The fourth-order valence-corrected chi connectivity index (χ4v) is 5.21. The van der Waals surface area contributed by atoms with Gasteiger partial charge in [0, 0.05) is 41.5 Å². The van der Waals surface area contributed by atoms with Gasteiger partial charge in [-0.05, 0) is 61.9 Å². The molecule has 1 aliphatic heterocycles. The second-order valence-corrected chi connectivity index (χ2v) is 9.91. The first-order valence-corrected chi connectivity index (χ1v) is 12.7. The summed E-state index contributed by atoms with van der Waals surface area (Å²) in [5.41, 5.74) is 7.70. The number of H-pyrrole nitrogens is 2. The first kappa shape index (κ1) is 21.1. The number of rotatable bonds is 5. The SMILES string of the molecule is O=C(Nc1cncc(-c2ccc3[nH]nc(-c4cc5c(N6CCCCC6)cncc5[nH]4)c3c2)c1)C1CC1. The summed E-state index contributed by atoms with van der Waals surface area (Å²) in [6.07, 6.45) is 13.1. The predicted molar refractivity (Wildman–Crippen MR) is 142 cm³/mol. The van der Waals surface area contributed by atoms with Crippen LogP contribution in [-0.2, 0) is 4.79 Å². The lowest BCUT2D eigenvalue weighted by molar-refractivity contribution is -0.117. The number of aromatic amines is 2. The number of carbonyl (C=O) groups is 1. The van der Waals surface area contributed by atoms with Gasteiger partial charge in [0.25, 0.3) is 0 Å². The molecule has 3 N–H and O–H groups in total. The monoisotopic (exact) mass is 477 g/mol. The number of pyridine rings is 2. The molecule has 0 radical (unpaired) electrons. The Kier molecular flexibility index (Phi) is 4.97. The Hall–Kier alpha value is -4.20. The minimum atomic E-state index is 0.0822. The normalized spacial score (nSPS) is 16.1. The Morgan fingerprint density at radius 3 is 2.61 bits per heavy atom. The molecule has 0 bridgehead atoms. The Labute approximate surface area is 208 Å². The topological polar surface area (TPSA) is 103 Å². The molecule has 2 fully saturated rings. The number of carbonyl (C=O) groups excluding carboxylic acids is 1. The number of benzene rings is 1. The van der Waals surface area contributed by atoms with Crippen LogP contribution in [0.15, 0.2) is 55.1 Å². The minimum absolute atomic E-state index is 0.0822. The zero-order valence-corrected chi connectivity index (χ0v) is 19.9. The summed E-state index contributed by atoms with van der Waals surface area (Å²) in [6, 6.07) is 10.4. The third kappa shape index (κ3) is 3.79. The summed E-state index contributed by atoms with van der Waals surface area (Å²) in [6.45, 7) is 2.15. The van der Waals surface area contributed by atoms with Crippen molar-refractivity contribution in [3.8, 4) is 22.5 Å². The summed E-state index contributed by atoms with van der Waals surface area (Å²) in [4.78, 5) is 27.1. The van der Waals surface area contributed by atoms with E-state index in [2.05, 4.69) is 53.6 Å². The molecule has 5 heterocycles. The van der Waals surface area contributed by atoms with Crippen molar-refractivity contribution in [3.63, 3.8) is 0 Å². The molecule has 36 heavy (non-hydrogen) atoms. The smallest absolute Gasteiger partial charge is 0.227 e. The van der Waals surface area contributed by atoms with Crippen molar-refractivity contribution in [2.45, 2.75) is 32.1 Å². The lowest BCUT2D eigenvalue weighted by atomic mass is 10.0. The molecule has 1 aromatic carbocycles. The Morgan fingerprint density at radius 1 is 0.889 bits per heavy atom. The highest BCUT2D eigenvalue weighted by molar-refractivity contribution is 6.01. The Balaban J connectivity index is 1.25. The number of aromatic nitrogens is 5. The molecule has 0 spiro atoms. The van der Waals surface area contributed by atoms with Crippen LogP contribution in [0.4, 0.5) is 11.4 Å². The van der Waals surface area contributed by atoms with E-state index in [1.54, 1.807) is 6.20 Å². The van der Waals surface area contributed by atoms with Crippen LogP contribution in [0.25, 0.3) is 44.3 Å². The van der Waals surface area contributed by atoms with E-state index in [1.807, 2.05) is 30.7 Å². The molecule has 2 aliphatic rings. The molecule has 8 nitrogen and oxygen atoms in total. The third-order valence-electron chi connectivity index (χ3n) is 7.33. The van der Waals surface area contributed by atoms with E-state index in [9.17, 15) is 4.79 Å². The van der Waals surface area contributed by atoms with Crippen LogP contribution in [0, 0.1) is 5.92 Å². The quantitative estimate of drug-likeness (QED) is 0.310. The molecular weight excluding hydrogens is 450 g/mol. The summed E-state index contributed by atoms with van der Waals surface area (Å²) in [7, 11) is 0. The molecule has 1 aliphatic carbocycles. The molecule has 1 saturated heterocycles. The first-order valence-electron chi connectivity index (χ1n) is 12.7. The standard InChI is InChI=1S/C28H27N7O/c36-28(17-4-5-17)31-20-10-19(13-29-14-20)18-6-7-23-22(11-18)27(34-33-23)24-12-21-25(32-24)15-30-16-26(21)35-8-2-1-3-9-35/h6-7,10-17,32H,1-5,8-9H2,(H,31,36)(H,33,34). The fourth-order valence-electron chi connectivity index (χ4n) is 5.21. The molecule has 0 atom stereocenters. The van der Waals surface area contributed by atoms with Gasteiger partial charge in [-0.25, -0.2) is 0 Å². The third-order valence-corrected chi connectivity index (χ3v) is 7.33. The van der Waals surface area contributed by atoms with Gasteiger partial charge >= 0.3 is 0 Å². The zero-order chi connectivity index (χ0) is 24.1. The van der Waals surface area contributed by atoms with Crippen LogP contribution in [0.1, 0.15) is 32.1 Å². The largest absolute Gasteiger partial charge is 0.370 e. The van der Waals surface area contributed by atoms with Gasteiger partial charge in [0.15, 0.2) is 0 Å². The summed E-state index contributed by atoms with van der Waals surface area (Å²) in [5, 5.41) is 13.0. The van der Waals surface area contributed by atoms with Crippen LogP contribution in [0.5, 0.6) is 0 Å². The van der Waals surface area contributed by atoms with Gasteiger partial charge in [0.05, 0.1) is 46.7 Å². The van der Waals surface area contributed by atoms with E-state index in [1.165, 1.54) is 30.3 Å². The highest BCUT2D eigenvalue weighted by Gasteiger charge is 2.29. The number of piperidine rings is 1. The van der Waals surface area contributed by atoms with E-state index < -0.39 is 0 Å². The van der Waals surface area contributed by atoms with Gasteiger partial charge < -0.3 is 15.2 Å². The molecule has 5 aromatic rings. The van der Waals surface area contributed by atoms with E-state index >= 15 is 0 Å². The number of nitrogens with one attached hydrogen (secondary N) is 3. The number of fused-ring (bicyclic) bond motifs is 2. The van der Waals surface area contributed by atoms with Gasteiger partial charge in [-0.15, -0.1) is 0 Å². The molecule has 4 aromatic heterocycles. The molecule has 8 heteroatoms. The van der Waals surface area contributed by atoms with Gasteiger partial charge in [-0.1, -0.05) is 6.07 Å². The van der Waals surface area contributed by atoms with Crippen molar-refractivity contribution in [1.82, 2.24) is 25.1 Å². The van der Waals surface area contributed by atoms with E-state index in [0.717, 1.165) is 70.6 Å². The molecule has 0 unspecified atom stereocenters. The zero-order valence-electron chi connectivity index (χ0n) is 19.9. The van der Waals surface area contributed by atoms with Crippen LogP contribution in [0.3, 0.4) is 0 Å². The summed E-state index contributed by atoms with van der Waals surface area (Å²) in [5.74, 6) is 0.235. The first-order chi connectivity index (χ1) is 17.7. The van der Waals surface area contributed by atoms with Crippen LogP contribution in [0.2, 0.25) is 0 Å². The van der Waals surface area contributed by atoms with Gasteiger partial charge in [-0.2, -0.15) is 5.10 Å².